The number of urea groups is 1. The molecule has 0 spiro atoms. The molecule has 2 N–H and O–H groups in total. The Hall–Kier alpha value is -1.75. The first kappa shape index (κ1) is 14.7. The third-order valence-electron chi connectivity index (χ3n) is 3.44. The van der Waals surface area contributed by atoms with E-state index in [1.165, 1.54) is 4.90 Å². The number of nitrogens with zero attached hydrogens (tertiary/aromatic N) is 1. The predicted molar refractivity (Wildman–Crippen MR) is 79.0 cm³/mol. The van der Waals surface area contributed by atoms with Crippen LogP contribution in [0.1, 0.15) is 24.9 Å². The molecular formula is C15H23N3O2. The standard InChI is InChI=1S/C15H23N3O2/c1-11(17-15(19)18(2)3)12-4-6-13(7-5-12)20-14-8-9-16-10-14/h4-7,11,14,16H,8-10H2,1-3H3,(H,17,19)/t11-,14?/m0/s1. The van der Waals surface area contributed by atoms with E-state index in [4.69, 9.17) is 4.74 Å². The molecular weight excluding hydrogens is 254 g/mol. The van der Waals surface area contributed by atoms with Gasteiger partial charge in [-0.05, 0) is 37.6 Å². The SMILES string of the molecule is C[C@H](NC(=O)N(C)C)c1ccc(OC2CCNC2)cc1. The number of hydrogen-bond donors (Lipinski definition) is 2. The smallest absolute Gasteiger partial charge is 0.317 e. The highest BCUT2D eigenvalue weighted by molar-refractivity contribution is 5.74. The molecule has 1 aliphatic rings. The van der Waals surface area contributed by atoms with Crippen LogP contribution >= 0.6 is 0 Å². The summed E-state index contributed by atoms with van der Waals surface area (Å²) in [6.07, 6.45) is 1.32. The van der Waals surface area contributed by atoms with E-state index in [9.17, 15) is 4.79 Å². The third kappa shape index (κ3) is 3.87. The molecule has 0 bridgehead atoms. The molecule has 5 heteroatoms. The molecule has 2 atom stereocenters. The van der Waals surface area contributed by atoms with Crippen LogP contribution in [0.25, 0.3) is 0 Å². The molecule has 1 aromatic carbocycles. The van der Waals surface area contributed by atoms with Gasteiger partial charge < -0.3 is 20.3 Å². The second-order valence-electron chi connectivity index (χ2n) is 5.37. The lowest BCUT2D eigenvalue weighted by molar-refractivity contribution is 0.214. The van der Waals surface area contributed by atoms with Crippen molar-refractivity contribution < 1.29 is 9.53 Å². The molecule has 1 saturated heterocycles. The Bertz CT molecular complexity index is 439. The highest BCUT2D eigenvalue weighted by atomic mass is 16.5. The molecule has 20 heavy (non-hydrogen) atoms. The van der Waals surface area contributed by atoms with Crippen LogP contribution in [0, 0.1) is 0 Å². The molecule has 0 aliphatic carbocycles. The molecule has 0 saturated carbocycles. The summed E-state index contributed by atoms with van der Waals surface area (Å²) in [6.45, 7) is 3.91. The number of rotatable bonds is 4. The number of amides is 2. The zero-order chi connectivity index (χ0) is 14.5. The van der Waals surface area contributed by atoms with E-state index in [2.05, 4.69) is 10.6 Å². The average molecular weight is 277 g/mol. The van der Waals surface area contributed by atoms with E-state index in [1.807, 2.05) is 31.2 Å². The fourth-order valence-electron chi connectivity index (χ4n) is 2.15. The summed E-state index contributed by atoms with van der Waals surface area (Å²) in [5, 5.41) is 6.20. The van der Waals surface area contributed by atoms with Crippen LogP contribution in [0.3, 0.4) is 0 Å². The third-order valence-corrected chi connectivity index (χ3v) is 3.44. The first-order valence-corrected chi connectivity index (χ1v) is 7.01. The highest BCUT2D eigenvalue weighted by Gasteiger charge is 2.16. The van der Waals surface area contributed by atoms with Crippen molar-refractivity contribution >= 4 is 6.03 Å². The summed E-state index contributed by atoms with van der Waals surface area (Å²) in [4.78, 5) is 13.1. The molecule has 1 unspecified atom stereocenters. The Balaban J connectivity index is 1.91. The maximum atomic E-state index is 11.6. The number of benzene rings is 1. The molecule has 0 aromatic heterocycles. The number of carbonyl (C=O) groups excluding carboxylic acids is 1. The van der Waals surface area contributed by atoms with Gasteiger partial charge in [-0.15, -0.1) is 0 Å². The van der Waals surface area contributed by atoms with E-state index < -0.39 is 0 Å². The van der Waals surface area contributed by atoms with Crippen LogP contribution in [0.5, 0.6) is 5.75 Å². The minimum Gasteiger partial charge on any atom is -0.489 e. The first-order chi connectivity index (χ1) is 9.56. The number of ether oxygens (including phenoxy) is 1. The average Bonchev–Trinajstić information content (AvgIpc) is 2.92. The zero-order valence-electron chi connectivity index (χ0n) is 12.3. The largest absolute Gasteiger partial charge is 0.489 e. The lowest BCUT2D eigenvalue weighted by Gasteiger charge is -2.19. The summed E-state index contributed by atoms with van der Waals surface area (Å²) in [6, 6.07) is 7.82. The molecule has 110 valence electrons. The molecule has 2 amide bonds. The van der Waals surface area contributed by atoms with Crippen molar-refractivity contribution in [1.82, 2.24) is 15.5 Å². The van der Waals surface area contributed by atoms with Gasteiger partial charge in [0, 0.05) is 20.6 Å². The maximum absolute atomic E-state index is 11.6. The molecule has 2 rings (SSSR count). The molecule has 1 fully saturated rings. The number of carbonyl (C=O) groups is 1. The fourth-order valence-corrected chi connectivity index (χ4v) is 2.15. The van der Waals surface area contributed by atoms with Crippen LogP contribution in [0.4, 0.5) is 4.79 Å². The Labute approximate surface area is 120 Å². The van der Waals surface area contributed by atoms with Gasteiger partial charge in [-0.2, -0.15) is 0 Å². The van der Waals surface area contributed by atoms with Crippen molar-refractivity contribution in [1.29, 1.82) is 0 Å². The minimum atomic E-state index is -0.0881. The lowest BCUT2D eigenvalue weighted by atomic mass is 10.1. The van der Waals surface area contributed by atoms with E-state index in [0.29, 0.717) is 0 Å². The second-order valence-corrected chi connectivity index (χ2v) is 5.37. The van der Waals surface area contributed by atoms with Gasteiger partial charge in [-0.1, -0.05) is 12.1 Å². The van der Waals surface area contributed by atoms with E-state index in [-0.39, 0.29) is 18.2 Å². The Morgan fingerprint density at radius 3 is 2.65 bits per heavy atom. The predicted octanol–water partition coefficient (Wildman–Crippen LogP) is 1.76. The molecule has 1 heterocycles. The quantitative estimate of drug-likeness (QED) is 0.881. The van der Waals surface area contributed by atoms with E-state index in [0.717, 1.165) is 30.8 Å². The fraction of sp³-hybridized carbons (Fsp3) is 0.533. The van der Waals surface area contributed by atoms with Crippen molar-refractivity contribution in [2.24, 2.45) is 0 Å². The van der Waals surface area contributed by atoms with E-state index >= 15 is 0 Å². The zero-order valence-corrected chi connectivity index (χ0v) is 12.3. The Morgan fingerprint density at radius 2 is 2.10 bits per heavy atom. The summed E-state index contributed by atoms with van der Waals surface area (Å²) >= 11 is 0. The van der Waals surface area contributed by atoms with Gasteiger partial charge in [0.1, 0.15) is 11.9 Å². The molecule has 0 radical (unpaired) electrons. The van der Waals surface area contributed by atoms with E-state index in [1.54, 1.807) is 14.1 Å². The highest BCUT2D eigenvalue weighted by Crippen LogP contribution is 2.19. The number of nitrogens with one attached hydrogen (secondary N) is 2. The van der Waals surface area contributed by atoms with Crippen LogP contribution < -0.4 is 15.4 Å². The number of hydrogen-bond acceptors (Lipinski definition) is 3. The molecule has 1 aliphatic heterocycles. The molecule has 5 nitrogen and oxygen atoms in total. The second kappa shape index (κ2) is 6.61. The van der Waals surface area contributed by atoms with Gasteiger partial charge in [0.05, 0.1) is 6.04 Å². The lowest BCUT2D eigenvalue weighted by Crippen LogP contribution is -2.36. The Morgan fingerprint density at radius 1 is 1.40 bits per heavy atom. The summed E-state index contributed by atoms with van der Waals surface area (Å²) in [5.74, 6) is 0.883. The Kier molecular flexibility index (Phi) is 4.84. The van der Waals surface area contributed by atoms with Gasteiger partial charge in [-0.25, -0.2) is 4.79 Å². The van der Waals surface area contributed by atoms with Gasteiger partial charge in [0.2, 0.25) is 0 Å². The van der Waals surface area contributed by atoms with Gasteiger partial charge in [-0.3, -0.25) is 0 Å². The van der Waals surface area contributed by atoms with Crippen molar-refractivity contribution in [2.45, 2.75) is 25.5 Å². The van der Waals surface area contributed by atoms with Gasteiger partial charge in [0.15, 0.2) is 0 Å². The minimum absolute atomic E-state index is 0.0212. The van der Waals surface area contributed by atoms with Gasteiger partial charge in [0.25, 0.3) is 0 Å². The van der Waals surface area contributed by atoms with Crippen molar-refractivity contribution in [3.8, 4) is 5.75 Å². The molecule has 1 aromatic rings. The maximum Gasteiger partial charge on any atom is 0.317 e. The van der Waals surface area contributed by atoms with Crippen LogP contribution in [-0.4, -0.2) is 44.2 Å². The summed E-state index contributed by atoms with van der Waals surface area (Å²) in [5.41, 5.74) is 1.07. The summed E-state index contributed by atoms with van der Waals surface area (Å²) < 4.78 is 5.87. The van der Waals surface area contributed by atoms with Crippen molar-refractivity contribution in [3.05, 3.63) is 29.8 Å². The monoisotopic (exact) mass is 277 g/mol. The van der Waals surface area contributed by atoms with Crippen LogP contribution in [0.15, 0.2) is 24.3 Å². The van der Waals surface area contributed by atoms with Crippen LogP contribution in [-0.2, 0) is 0 Å². The first-order valence-electron chi connectivity index (χ1n) is 7.01. The van der Waals surface area contributed by atoms with Crippen LogP contribution in [0.2, 0.25) is 0 Å². The topological polar surface area (TPSA) is 53.6 Å². The van der Waals surface area contributed by atoms with Gasteiger partial charge >= 0.3 is 6.03 Å². The van der Waals surface area contributed by atoms with Crippen molar-refractivity contribution in [2.75, 3.05) is 27.2 Å². The van der Waals surface area contributed by atoms with Crippen molar-refractivity contribution in [3.63, 3.8) is 0 Å². The summed E-state index contributed by atoms with van der Waals surface area (Å²) in [7, 11) is 3.46. The normalized spacial score (nSPS) is 19.4.